The lowest BCUT2D eigenvalue weighted by atomic mass is 9.97. The second-order valence-electron chi connectivity index (χ2n) is 6.13. The standard InChI is InChI=1S/C15H21N5OS/c1-11-8-19(10-16)9-12(11)14(21)18-15-17-7-13(22-15)20-5-3-2-4-6-20/h7,11-12H,2-6,8-9H2,1H3,(H,17,18,21)/t11-,12-/m1/s1. The average molecular weight is 319 g/mol. The number of likely N-dealkylation sites (tertiary alicyclic amines) is 1. The maximum absolute atomic E-state index is 12.4. The van der Waals surface area contributed by atoms with Crippen LogP contribution >= 0.6 is 11.3 Å². The second kappa shape index (κ2) is 6.53. The number of anilines is 2. The van der Waals surface area contributed by atoms with Crippen molar-refractivity contribution < 1.29 is 4.79 Å². The molecule has 0 aromatic carbocycles. The molecule has 0 bridgehead atoms. The molecule has 1 amide bonds. The predicted octanol–water partition coefficient (Wildman–Crippen LogP) is 2.12. The van der Waals surface area contributed by atoms with Crippen LogP contribution in [-0.4, -0.2) is 42.0 Å². The summed E-state index contributed by atoms with van der Waals surface area (Å²) in [4.78, 5) is 20.7. The fourth-order valence-electron chi connectivity index (χ4n) is 3.17. The van der Waals surface area contributed by atoms with Crippen LogP contribution in [0.2, 0.25) is 0 Å². The Hall–Kier alpha value is -1.81. The van der Waals surface area contributed by atoms with Gasteiger partial charge in [-0.3, -0.25) is 4.79 Å². The SMILES string of the molecule is C[C@@H]1CN(C#N)C[C@H]1C(=O)Nc1ncc(N2CCCCC2)s1. The van der Waals surface area contributed by atoms with Gasteiger partial charge in [-0.25, -0.2) is 4.98 Å². The Morgan fingerprint density at radius 2 is 2.18 bits per heavy atom. The summed E-state index contributed by atoms with van der Waals surface area (Å²) in [5.74, 6) is 0.0351. The first-order valence-corrected chi connectivity index (χ1v) is 8.65. The molecule has 2 saturated heterocycles. The zero-order valence-electron chi connectivity index (χ0n) is 12.8. The number of hydrogen-bond acceptors (Lipinski definition) is 6. The van der Waals surface area contributed by atoms with Gasteiger partial charge in [0.25, 0.3) is 0 Å². The molecule has 0 aliphatic carbocycles. The molecule has 3 rings (SSSR count). The summed E-state index contributed by atoms with van der Waals surface area (Å²) in [6, 6.07) is 0. The fraction of sp³-hybridized carbons (Fsp3) is 0.667. The molecule has 7 heteroatoms. The molecular formula is C15H21N5OS. The first kappa shape index (κ1) is 15.1. The summed E-state index contributed by atoms with van der Waals surface area (Å²) >= 11 is 1.54. The van der Waals surface area contributed by atoms with Gasteiger partial charge >= 0.3 is 0 Å². The van der Waals surface area contributed by atoms with Crippen molar-refractivity contribution in [3.8, 4) is 6.19 Å². The molecule has 22 heavy (non-hydrogen) atoms. The predicted molar refractivity (Wildman–Crippen MR) is 86.6 cm³/mol. The molecule has 2 aliphatic heterocycles. The zero-order chi connectivity index (χ0) is 15.5. The van der Waals surface area contributed by atoms with Crippen molar-refractivity contribution in [2.45, 2.75) is 26.2 Å². The number of thiazole rings is 1. The smallest absolute Gasteiger partial charge is 0.231 e. The molecule has 118 valence electrons. The van der Waals surface area contributed by atoms with Gasteiger partial charge in [-0.05, 0) is 25.2 Å². The van der Waals surface area contributed by atoms with E-state index in [2.05, 4.69) is 21.4 Å². The monoisotopic (exact) mass is 319 g/mol. The molecule has 1 aromatic rings. The second-order valence-corrected chi connectivity index (χ2v) is 7.14. The maximum Gasteiger partial charge on any atom is 0.231 e. The quantitative estimate of drug-likeness (QED) is 0.864. The summed E-state index contributed by atoms with van der Waals surface area (Å²) in [7, 11) is 0. The number of nitriles is 1. The molecule has 2 fully saturated rings. The normalized spacial score (nSPS) is 25.1. The number of nitrogens with zero attached hydrogens (tertiary/aromatic N) is 4. The minimum absolute atomic E-state index is 0.0233. The van der Waals surface area contributed by atoms with Gasteiger partial charge in [0.05, 0.1) is 12.1 Å². The fourth-order valence-corrected chi connectivity index (χ4v) is 4.04. The first-order valence-electron chi connectivity index (χ1n) is 7.83. The van der Waals surface area contributed by atoms with E-state index in [9.17, 15) is 4.79 Å². The van der Waals surface area contributed by atoms with Crippen molar-refractivity contribution in [2.75, 3.05) is 36.4 Å². The summed E-state index contributed by atoms with van der Waals surface area (Å²) in [6.45, 7) is 5.33. The third-order valence-corrected chi connectivity index (χ3v) is 5.46. The molecule has 1 aromatic heterocycles. The average Bonchev–Trinajstić information content (AvgIpc) is 3.14. The van der Waals surface area contributed by atoms with Crippen LogP contribution in [-0.2, 0) is 4.79 Å². The van der Waals surface area contributed by atoms with Gasteiger partial charge in [0.2, 0.25) is 5.91 Å². The minimum Gasteiger partial charge on any atom is -0.362 e. The number of amides is 1. The molecular weight excluding hydrogens is 298 g/mol. The zero-order valence-corrected chi connectivity index (χ0v) is 13.6. The van der Waals surface area contributed by atoms with Gasteiger partial charge in [0.1, 0.15) is 5.00 Å². The maximum atomic E-state index is 12.4. The van der Waals surface area contributed by atoms with E-state index in [0.717, 1.165) is 18.1 Å². The molecule has 2 atom stereocenters. The van der Waals surface area contributed by atoms with Crippen LogP contribution in [0.5, 0.6) is 0 Å². The highest BCUT2D eigenvalue weighted by atomic mass is 32.1. The van der Waals surface area contributed by atoms with Crippen molar-refractivity contribution >= 4 is 27.4 Å². The topological polar surface area (TPSA) is 72.3 Å². The van der Waals surface area contributed by atoms with E-state index in [4.69, 9.17) is 5.26 Å². The lowest BCUT2D eigenvalue weighted by Crippen LogP contribution is -2.28. The summed E-state index contributed by atoms with van der Waals surface area (Å²) in [5, 5.41) is 13.7. The third-order valence-electron chi connectivity index (χ3n) is 4.48. The number of hydrogen-bond donors (Lipinski definition) is 1. The molecule has 0 unspecified atom stereocenters. The molecule has 0 radical (unpaired) electrons. The lowest BCUT2D eigenvalue weighted by Gasteiger charge is -2.26. The van der Waals surface area contributed by atoms with E-state index in [1.54, 1.807) is 4.90 Å². The van der Waals surface area contributed by atoms with Gasteiger partial charge in [-0.1, -0.05) is 18.3 Å². The van der Waals surface area contributed by atoms with Crippen LogP contribution in [0.3, 0.4) is 0 Å². The van der Waals surface area contributed by atoms with E-state index in [1.165, 1.54) is 30.6 Å². The first-order chi connectivity index (χ1) is 10.7. The Kier molecular flexibility index (Phi) is 4.48. The highest BCUT2D eigenvalue weighted by Crippen LogP contribution is 2.30. The van der Waals surface area contributed by atoms with Crippen LogP contribution in [0.15, 0.2) is 6.20 Å². The van der Waals surface area contributed by atoms with E-state index in [1.807, 2.05) is 13.1 Å². The number of nitrogens with one attached hydrogen (secondary N) is 1. The highest BCUT2D eigenvalue weighted by Gasteiger charge is 2.34. The van der Waals surface area contributed by atoms with Crippen molar-refractivity contribution in [1.29, 1.82) is 5.26 Å². The summed E-state index contributed by atoms with van der Waals surface area (Å²) in [5.41, 5.74) is 0. The molecule has 2 aliphatic rings. The van der Waals surface area contributed by atoms with Crippen molar-refractivity contribution in [3.05, 3.63) is 6.20 Å². The van der Waals surface area contributed by atoms with Crippen LogP contribution < -0.4 is 10.2 Å². The van der Waals surface area contributed by atoms with E-state index >= 15 is 0 Å². The number of carbonyl (C=O) groups excluding carboxylic acids is 1. The minimum atomic E-state index is -0.137. The number of piperidine rings is 1. The van der Waals surface area contributed by atoms with Gasteiger partial charge in [0.15, 0.2) is 11.3 Å². The van der Waals surface area contributed by atoms with Gasteiger partial charge in [-0.15, -0.1) is 0 Å². The van der Waals surface area contributed by atoms with E-state index < -0.39 is 0 Å². The van der Waals surface area contributed by atoms with Crippen molar-refractivity contribution in [2.24, 2.45) is 11.8 Å². The third kappa shape index (κ3) is 3.17. The van der Waals surface area contributed by atoms with E-state index in [-0.39, 0.29) is 17.7 Å². The molecule has 6 nitrogen and oxygen atoms in total. The molecule has 0 saturated carbocycles. The van der Waals surface area contributed by atoms with Crippen molar-refractivity contribution in [3.63, 3.8) is 0 Å². The van der Waals surface area contributed by atoms with Crippen LogP contribution in [0.4, 0.5) is 10.1 Å². The number of aromatic nitrogens is 1. The summed E-state index contributed by atoms with van der Waals surface area (Å²) in [6.07, 6.45) is 7.73. The summed E-state index contributed by atoms with van der Waals surface area (Å²) < 4.78 is 0. The number of rotatable bonds is 3. The Balaban J connectivity index is 1.60. The highest BCUT2D eigenvalue weighted by molar-refractivity contribution is 7.19. The van der Waals surface area contributed by atoms with Crippen LogP contribution in [0.1, 0.15) is 26.2 Å². The Morgan fingerprint density at radius 3 is 2.86 bits per heavy atom. The van der Waals surface area contributed by atoms with Gasteiger partial charge in [0, 0.05) is 26.2 Å². The molecule has 1 N–H and O–H groups in total. The Labute approximate surface area is 134 Å². The lowest BCUT2D eigenvalue weighted by molar-refractivity contribution is -0.120. The number of carbonyl (C=O) groups is 1. The Bertz CT molecular complexity index is 575. The van der Waals surface area contributed by atoms with Gasteiger partial charge < -0.3 is 15.1 Å². The largest absolute Gasteiger partial charge is 0.362 e. The molecule has 3 heterocycles. The van der Waals surface area contributed by atoms with E-state index in [0.29, 0.717) is 18.2 Å². The molecule has 0 spiro atoms. The van der Waals surface area contributed by atoms with Crippen LogP contribution in [0, 0.1) is 23.3 Å². The van der Waals surface area contributed by atoms with Gasteiger partial charge in [-0.2, -0.15) is 5.26 Å². The van der Waals surface area contributed by atoms with Crippen LogP contribution in [0.25, 0.3) is 0 Å². The Morgan fingerprint density at radius 1 is 1.41 bits per heavy atom. The van der Waals surface area contributed by atoms with Crippen molar-refractivity contribution in [1.82, 2.24) is 9.88 Å².